The monoisotopic (exact) mass is 411 g/mol. The molecule has 0 bridgehead atoms. The third-order valence-corrected chi connectivity index (χ3v) is 5.83. The lowest BCUT2D eigenvalue weighted by Crippen LogP contribution is -2.50. The van der Waals surface area contributed by atoms with Crippen LogP contribution >= 0.6 is 0 Å². The molecule has 4 rings (SSSR count). The average molecular weight is 412 g/mol. The zero-order valence-electron chi connectivity index (χ0n) is 17.2. The second kappa shape index (κ2) is 8.96. The molecule has 156 valence electrons. The minimum absolute atomic E-state index is 0.222. The fraction of sp³-hybridized carbons (Fsp3) is 0.192. The van der Waals surface area contributed by atoms with Gasteiger partial charge in [-0.15, -0.1) is 0 Å². The number of aliphatic carboxylic acids is 1. The van der Waals surface area contributed by atoms with Crippen LogP contribution in [0.3, 0.4) is 0 Å². The van der Waals surface area contributed by atoms with Gasteiger partial charge in [-0.25, -0.2) is 4.79 Å². The Kier molecular flexibility index (Phi) is 5.94. The molecule has 0 spiro atoms. The number of nitrogens with zero attached hydrogens (tertiary/aromatic N) is 1. The Labute approximate surface area is 182 Å². The Balaban J connectivity index is 1.96. The van der Waals surface area contributed by atoms with Gasteiger partial charge in [0.2, 0.25) is 0 Å². The maximum Gasteiger partial charge on any atom is 0.332 e. The van der Waals surface area contributed by atoms with Crippen LogP contribution in [0.15, 0.2) is 101 Å². The highest BCUT2D eigenvalue weighted by atomic mass is 16.4. The van der Waals surface area contributed by atoms with E-state index in [9.17, 15) is 9.90 Å². The van der Waals surface area contributed by atoms with Crippen molar-refractivity contribution in [1.29, 1.82) is 5.41 Å². The summed E-state index contributed by atoms with van der Waals surface area (Å²) in [6.45, 7) is 0.375. The molecule has 0 radical (unpaired) electrons. The number of hydrogen-bond donors (Lipinski definition) is 3. The van der Waals surface area contributed by atoms with E-state index in [0.29, 0.717) is 24.4 Å². The molecule has 0 saturated heterocycles. The first kappa shape index (κ1) is 20.5. The van der Waals surface area contributed by atoms with Gasteiger partial charge in [-0.3, -0.25) is 4.99 Å². The highest BCUT2D eigenvalue weighted by Gasteiger charge is 2.40. The smallest absolute Gasteiger partial charge is 0.332 e. The number of nitrogens with one attached hydrogen (secondary N) is 2. The highest BCUT2D eigenvalue weighted by Crippen LogP contribution is 2.40. The van der Waals surface area contributed by atoms with Crippen LogP contribution in [-0.2, 0) is 10.3 Å². The van der Waals surface area contributed by atoms with Crippen molar-refractivity contribution in [2.75, 3.05) is 6.54 Å². The Morgan fingerprint density at radius 3 is 2.19 bits per heavy atom. The Morgan fingerprint density at radius 1 is 1.03 bits per heavy atom. The molecule has 2 aromatic rings. The van der Waals surface area contributed by atoms with E-state index >= 15 is 0 Å². The first-order valence-electron chi connectivity index (χ1n) is 10.4. The molecule has 0 amide bonds. The summed E-state index contributed by atoms with van der Waals surface area (Å²) >= 11 is 0. The van der Waals surface area contributed by atoms with Crippen molar-refractivity contribution in [2.45, 2.75) is 24.8 Å². The number of aliphatic imine (C=N–C) groups is 1. The van der Waals surface area contributed by atoms with Gasteiger partial charge in [0.15, 0.2) is 0 Å². The zero-order chi connectivity index (χ0) is 21.7. The first-order valence-corrected chi connectivity index (χ1v) is 10.4. The van der Waals surface area contributed by atoms with Crippen molar-refractivity contribution in [3.63, 3.8) is 0 Å². The predicted octanol–water partition coefficient (Wildman–Crippen LogP) is 4.63. The van der Waals surface area contributed by atoms with Gasteiger partial charge in [0.1, 0.15) is 11.4 Å². The molecule has 1 heterocycles. The summed E-state index contributed by atoms with van der Waals surface area (Å²) in [5.74, 6) is -0.556. The van der Waals surface area contributed by atoms with Crippen molar-refractivity contribution in [1.82, 2.24) is 5.32 Å². The number of carboxylic acid groups (broad SMARTS) is 1. The summed E-state index contributed by atoms with van der Waals surface area (Å²) in [4.78, 5) is 16.4. The van der Waals surface area contributed by atoms with Gasteiger partial charge >= 0.3 is 5.97 Å². The van der Waals surface area contributed by atoms with E-state index in [4.69, 9.17) is 5.41 Å². The van der Waals surface area contributed by atoms with E-state index < -0.39 is 11.5 Å². The molecule has 1 aliphatic carbocycles. The van der Waals surface area contributed by atoms with Gasteiger partial charge in [0.25, 0.3) is 0 Å². The van der Waals surface area contributed by atoms with Crippen LogP contribution in [0.2, 0.25) is 0 Å². The summed E-state index contributed by atoms with van der Waals surface area (Å²) in [7, 11) is 0. The van der Waals surface area contributed by atoms with E-state index in [-0.39, 0.29) is 5.57 Å². The number of benzene rings is 2. The topological polar surface area (TPSA) is 85.5 Å². The fourth-order valence-electron chi connectivity index (χ4n) is 4.36. The van der Waals surface area contributed by atoms with Crippen LogP contribution in [0, 0.1) is 5.41 Å². The van der Waals surface area contributed by atoms with Crippen molar-refractivity contribution >= 4 is 18.0 Å². The number of dihydropyridines is 1. The van der Waals surface area contributed by atoms with Gasteiger partial charge in [0.05, 0.1) is 5.57 Å². The number of allylic oxidation sites excluding steroid dienone is 3. The second-order valence-electron chi connectivity index (χ2n) is 7.59. The van der Waals surface area contributed by atoms with Crippen LogP contribution in [0.25, 0.3) is 0 Å². The zero-order valence-corrected chi connectivity index (χ0v) is 17.2. The number of carboxylic acids is 1. The van der Waals surface area contributed by atoms with Crippen molar-refractivity contribution in [3.05, 3.63) is 107 Å². The molecule has 2 aliphatic rings. The second-order valence-corrected chi connectivity index (χ2v) is 7.59. The molecule has 0 unspecified atom stereocenters. The lowest BCUT2D eigenvalue weighted by Gasteiger charge is -2.41. The maximum atomic E-state index is 11.8. The van der Waals surface area contributed by atoms with Crippen LogP contribution < -0.4 is 5.32 Å². The highest BCUT2D eigenvalue weighted by molar-refractivity contribution is 6.19. The predicted molar refractivity (Wildman–Crippen MR) is 124 cm³/mol. The average Bonchev–Trinajstić information content (AvgIpc) is 2.84. The third-order valence-electron chi connectivity index (χ3n) is 5.83. The lowest BCUT2D eigenvalue weighted by atomic mass is 9.73. The molecular formula is C26H25N3O2. The van der Waals surface area contributed by atoms with Crippen LogP contribution in [-0.4, -0.2) is 29.7 Å². The summed E-state index contributed by atoms with van der Waals surface area (Å²) in [6, 6.07) is 20.3. The van der Waals surface area contributed by atoms with Crippen molar-refractivity contribution in [3.8, 4) is 0 Å². The van der Waals surface area contributed by atoms with Crippen molar-refractivity contribution in [2.24, 2.45) is 4.99 Å². The minimum atomic E-state index is -1.00. The SMILES string of the molecule is N=CC1=C(C(=O)O)CCN=C1NC(C1=CC=CCC1)(c1ccccc1)c1ccccc1. The molecule has 0 atom stereocenters. The molecule has 0 fully saturated rings. The minimum Gasteiger partial charge on any atom is -0.478 e. The number of carbonyl (C=O) groups is 1. The summed E-state index contributed by atoms with van der Waals surface area (Å²) in [5.41, 5.74) is 3.07. The van der Waals surface area contributed by atoms with Gasteiger partial charge in [-0.1, -0.05) is 78.9 Å². The van der Waals surface area contributed by atoms with E-state index in [0.717, 1.165) is 30.2 Å². The Hall–Kier alpha value is -3.73. The van der Waals surface area contributed by atoms with Crippen LogP contribution in [0.1, 0.15) is 30.4 Å². The fourth-order valence-corrected chi connectivity index (χ4v) is 4.36. The molecule has 5 heteroatoms. The molecular weight excluding hydrogens is 386 g/mol. The van der Waals surface area contributed by atoms with E-state index in [1.54, 1.807) is 0 Å². The van der Waals surface area contributed by atoms with Crippen molar-refractivity contribution < 1.29 is 9.90 Å². The molecule has 0 aromatic heterocycles. The number of rotatable bonds is 6. The van der Waals surface area contributed by atoms with E-state index in [1.165, 1.54) is 5.57 Å². The lowest BCUT2D eigenvalue weighted by molar-refractivity contribution is -0.132. The van der Waals surface area contributed by atoms with Gasteiger partial charge < -0.3 is 15.8 Å². The molecule has 0 saturated carbocycles. The Morgan fingerprint density at radius 2 is 1.68 bits per heavy atom. The molecule has 3 N–H and O–H groups in total. The van der Waals surface area contributed by atoms with Gasteiger partial charge in [-0.05, 0) is 36.0 Å². The standard InChI is InChI=1S/C26H25N3O2/c27-18-23-22(25(30)31)16-17-28-24(23)29-26(19-10-4-1-5-11-19,20-12-6-2-7-13-20)21-14-8-3-9-15-21/h1-8,10-14,18,27H,9,15-17H2,(H,28,29)(H,30,31). The molecule has 31 heavy (non-hydrogen) atoms. The molecule has 1 aliphatic heterocycles. The van der Waals surface area contributed by atoms with Crippen LogP contribution in [0.4, 0.5) is 0 Å². The van der Waals surface area contributed by atoms with Gasteiger partial charge in [0, 0.05) is 18.3 Å². The quantitative estimate of drug-likeness (QED) is 0.606. The molecule has 2 aromatic carbocycles. The largest absolute Gasteiger partial charge is 0.478 e. The van der Waals surface area contributed by atoms with Gasteiger partial charge in [-0.2, -0.15) is 0 Å². The third kappa shape index (κ3) is 3.87. The summed E-state index contributed by atoms with van der Waals surface area (Å²) in [5, 5.41) is 21.2. The normalized spacial score (nSPS) is 16.4. The maximum absolute atomic E-state index is 11.8. The molecule has 5 nitrogen and oxygen atoms in total. The summed E-state index contributed by atoms with van der Waals surface area (Å²) < 4.78 is 0. The Bertz CT molecular complexity index is 1060. The first-order chi connectivity index (χ1) is 15.2. The number of amidine groups is 1. The van der Waals surface area contributed by atoms with E-state index in [1.807, 2.05) is 36.4 Å². The van der Waals surface area contributed by atoms with E-state index in [2.05, 4.69) is 52.8 Å². The number of hydrogen-bond acceptors (Lipinski definition) is 4. The summed E-state index contributed by atoms with van der Waals surface area (Å²) in [6.07, 6.45) is 9.55. The van der Waals surface area contributed by atoms with Crippen LogP contribution in [0.5, 0.6) is 0 Å².